The molecule has 3 heterocycles. The van der Waals surface area contributed by atoms with Gasteiger partial charge in [0.1, 0.15) is 11.0 Å². The fraction of sp³-hybridized carbons (Fsp3) is 0.240. The summed E-state index contributed by atoms with van der Waals surface area (Å²) in [6, 6.07) is 19.2. The van der Waals surface area contributed by atoms with Crippen molar-refractivity contribution < 1.29 is 14.0 Å². The standard InChI is InChI=1S/C25H22N2O3S/c1-15-5-9-17(10-6-15)26-21-14-19(20-4-3-13-30-20)22-23(31-21)25(29)27(24(22)28)18-11-7-16(2)8-12-18/h3-13,19,22-23H,14H2,1-2H3/t19-,22+,23-/m0/s1. The third-order valence-corrected chi connectivity index (χ3v) is 7.15. The maximum absolute atomic E-state index is 13.5. The average Bonchev–Trinajstić information content (AvgIpc) is 3.38. The van der Waals surface area contributed by atoms with E-state index in [0.29, 0.717) is 12.1 Å². The van der Waals surface area contributed by atoms with Crippen molar-refractivity contribution in [3.05, 3.63) is 83.8 Å². The Kier molecular flexibility index (Phi) is 5.02. The number of thioether (sulfide) groups is 1. The van der Waals surface area contributed by atoms with Gasteiger partial charge in [0.15, 0.2) is 0 Å². The Hall–Kier alpha value is -3.12. The average molecular weight is 431 g/mol. The van der Waals surface area contributed by atoms with Gasteiger partial charge < -0.3 is 4.42 Å². The number of nitrogens with zero attached hydrogens (tertiary/aromatic N) is 2. The number of hydrogen-bond donors (Lipinski definition) is 0. The van der Waals surface area contributed by atoms with Crippen LogP contribution in [0.3, 0.4) is 0 Å². The maximum atomic E-state index is 13.5. The Morgan fingerprint density at radius 1 is 0.935 bits per heavy atom. The summed E-state index contributed by atoms with van der Waals surface area (Å²) in [6.45, 7) is 4.01. The molecule has 0 aliphatic carbocycles. The highest BCUT2D eigenvalue weighted by atomic mass is 32.2. The summed E-state index contributed by atoms with van der Waals surface area (Å²) in [5, 5.41) is 0.334. The monoisotopic (exact) mass is 430 g/mol. The zero-order valence-electron chi connectivity index (χ0n) is 17.3. The number of carbonyl (C=O) groups excluding carboxylic acids is 2. The van der Waals surface area contributed by atoms with Gasteiger partial charge in [0.2, 0.25) is 11.8 Å². The number of fused-ring (bicyclic) bond motifs is 1. The number of benzene rings is 2. The van der Waals surface area contributed by atoms with Crippen molar-refractivity contribution in [2.24, 2.45) is 10.9 Å². The van der Waals surface area contributed by atoms with Crippen molar-refractivity contribution in [3.8, 4) is 0 Å². The number of rotatable bonds is 3. The predicted molar refractivity (Wildman–Crippen MR) is 123 cm³/mol. The van der Waals surface area contributed by atoms with Gasteiger partial charge in [0, 0.05) is 12.3 Å². The molecule has 0 spiro atoms. The van der Waals surface area contributed by atoms with Crippen LogP contribution in [0.15, 0.2) is 76.3 Å². The molecule has 5 rings (SSSR count). The molecule has 2 aliphatic heterocycles. The van der Waals surface area contributed by atoms with Crippen LogP contribution in [0.25, 0.3) is 0 Å². The lowest BCUT2D eigenvalue weighted by molar-refractivity contribution is -0.122. The van der Waals surface area contributed by atoms with E-state index >= 15 is 0 Å². The van der Waals surface area contributed by atoms with Gasteiger partial charge in [0.25, 0.3) is 0 Å². The van der Waals surface area contributed by atoms with Crippen LogP contribution in [-0.4, -0.2) is 22.1 Å². The van der Waals surface area contributed by atoms with E-state index in [1.54, 1.807) is 6.26 Å². The first kappa shape index (κ1) is 19.8. The summed E-state index contributed by atoms with van der Waals surface area (Å²) >= 11 is 1.41. The molecule has 2 aliphatic rings. The van der Waals surface area contributed by atoms with Crippen LogP contribution in [-0.2, 0) is 9.59 Å². The zero-order chi connectivity index (χ0) is 21.5. The van der Waals surface area contributed by atoms with E-state index in [9.17, 15) is 9.59 Å². The molecule has 0 saturated carbocycles. The van der Waals surface area contributed by atoms with E-state index in [0.717, 1.165) is 22.1 Å². The second-order valence-corrected chi connectivity index (χ2v) is 9.29. The lowest BCUT2D eigenvalue weighted by Gasteiger charge is -2.29. The minimum absolute atomic E-state index is 0.165. The molecule has 6 heteroatoms. The third-order valence-electron chi connectivity index (χ3n) is 5.88. The first-order valence-corrected chi connectivity index (χ1v) is 11.2. The van der Waals surface area contributed by atoms with Crippen molar-refractivity contribution in [1.82, 2.24) is 0 Å². The lowest BCUT2D eigenvalue weighted by atomic mass is 9.85. The number of amides is 2. The van der Waals surface area contributed by atoms with Crippen LogP contribution in [0.1, 0.15) is 29.2 Å². The van der Waals surface area contributed by atoms with Gasteiger partial charge in [-0.1, -0.05) is 47.2 Å². The Balaban J connectivity index is 1.53. The van der Waals surface area contributed by atoms with Crippen LogP contribution in [0, 0.1) is 19.8 Å². The fourth-order valence-corrected chi connectivity index (χ4v) is 5.63. The molecule has 0 N–H and O–H groups in total. The van der Waals surface area contributed by atoms with E-state index in [2.05, 4.69) is 0 Å². The Morgan fingerprint density at radius 2 is 1.61 bits per heavy atom. The molecule has 2 aromatic carbocycles. The normalized spacial score (nSPS) is 24.6. The number of aliphatic imine (C=N–C) groups is 1. The zero-order valence-corrected chi connectivity index (χ0v) is 18.1. The Morgan fingerprint density at radius 3 is 2.26 bits per heavy atom. The van der Waals surface area contributed by atoms with Gasteiger partial charge in [-0.05, 0) is 50.2 Å². The molecule has 0 unspecified atom stereocenters. The lowest BCUT2D eigenvalue weighted by Crippen LogP contribution is -2.33. The van der Waals surface area contributed by atoms with Crippen molar-refractivity contribution in [2.75, 3.05) is 4.90 Å². The van der Waals surface area contributed by atoms with E-state index in [1.165, 1.54) is 22.2 Å². The first-order chi connectivity index (χ1) is 15.0. The number of imide groups is 1. The predicted octanol–water partition coefficient (Wildman–Crippen LogP) is 5.41. The molecule has 31 heavy (non-hydrogen) atoms. The molecule has 0 radical (unpaired) electrons. The van der Waals surface area contributed by atoms with Gasteiger partial charge in [-0.3, -0.25) is 9.59 Å². The van der Waals surface area contributed by atoms with E-state index in [-0.39, 0.29) is 17.7 Å². The molecule has 1 aromatic heterocycles. The Labute approximate surface area is 185 Å². The number of furan rings is 1. The van der Waals surface area contributed by atoms with E-state index in [4.69, 9.17) is 9.41 Å². The number of aryl methyl sites for hydroxylation is 2. The molecule has 2 saturated heterocycles. The molecular weight excluding hydrogens is 408 g/mol. The highest BCUT2D eigenvalue weighted by Crippen LogP contribution is 2.49. The van der Waals surface area contributed by atoms with E-state index < -0.39 is 11.2 Å². The summed E-state index contributed by atoms with van der Waals surface area (Å²) in [5.74, 6) is -0.322. The molecule has 156 valence electrons. The van der Waals surface area contributed by atoms with Gasteiger partial charge in [-0.25, -0.2) is 9.89 Å². The number of hydrogen-bond acceptors (Lipinski definition) is 5. The molecule has 2 amide bonds. The summed E-state index contributed by atoms with van der Waals surface area (Å²) in [6.07, 6.45) is 2.18. The van der Waals surface area contributed by atoms with E-state index in [1.807, 2.05) is 74.5 Å². The van der Waals surface area contributed by atoms with Crippen molar-refractivity contribution in [1.29, 1.82) is 0 Å². The van der Waals surface area contributed by atoms with Crippen LogP contribution >= 0.6 is 11.8 Å². The van der Waals surface area contributed by atoms with Crippen LogP contribution in [0.5, 0.6) is 0 Å². The molecule has 3 atom stereocenters. The fourth-order valence-electron chi connectivity index (χ4n) is 4.25. The quantitative estimate of drug-likeness (QED) is 0.522. The number of anilines is 1. The molecule has 5 nitrogen and oxygen atoms in total. The first-order valence-electron chi connectivity index (χ1n) is 10.3. The van der Waals surface area contributed by atoms with Crippen LogP contribution < -0.4 is 4.90 Å². The molecule has 0 bridgehead atoms. The minimum atomic E-state index is -0.512. The summed E-state index contributed by atoms with van der Waals surface area (Å²) < 4.78 is 5.69. The Bertz CT molecular complexity index is 1150. The van der Waals surface area contributed by atoms with Crippen LogP contribution in [0.2, 0.25) is 0 Å². The highest BCUT2D eigenvalue weighted by molar-refractivity contribution is 8.15. The minimum Gasteiger partial charge on any atom is -0.469 e. The third kappa shape index (κ3) is 3.61. The number of carbonyl (C=O) groups is 2. The van der Waals surface area contributed by atoms with Gasteiger partial charge in [-0.2, -0.15) is 0 Å². The van der Waals surface area contributed by atoms with Crippen molar-refractivity contribution >= 4 is 40.0 Å². The topological polar surface area (TPSA) is 62.9 Å². The second-order valence-electron chi connectivity index (χ2n) is 8.08. The second kappa shape index (κ2) is 7.85. The summed E-state index contributed by atoms with van der Waals surface area (Å²) in [7, 11) is 0. The van der Waals surface area contributed by atoms with Gasteiger partial charge in [-0.15, -0.1) is 0 Å². The van der Waals surface area contributed by atoms with Gasteiger partial charge in [0.05, 0.1) is 28.6 Å². The summed E-state index contributed by atoms with van der Waals surface area (Å²) in [5.41, 5.74) is 3.71. The maximum Gasteiger partial charge on any atom is 0.248 e. The smallest absolute Gasteiger partial charge is 0.248 e. The summed E-state index contributed by atoms with van der Waals surface area (Å²) in [4.78, 5) is 33.0. The SMILES string of the molecule is Cc1ccc(N=C2C[C@@H](c3ccco3)[C@H]3C(=O)N(c4ccc(C)cc4)C(=O)[C@H]3S2)cc1. The van der Waals surface area contributed by atoms with Crippen molar-refractivity contribution in [3.63, 3.8) is 0 Å². The van der Waals surface area contributed by atoms with Crippen LogP contribution in [0.4, 0.5) is 11.4 Å². The molecule has 3 aromatic rings. The van der Waals surface area contributed by atoms with Crippen molar-refractivity contribution in [2.45, 2.75) is 31.4 Å². The van der Waals surface area contributed by atoms with Gasteiger partial charge >= 0.3 is 0 Å². The largest absolute Gasteiger partial charge is 0.469 e. The molecular formula is C25H22N2O3S. The molecule has 2 fully saturated rings. The highest BCUT2D eigenvalue weighted by Gasteiger charge is 2.55.